The summed E-state index contributed by atoms with van der Waals surface area (Å²) >= 11 is 1.28. The summed E-state index contributed by atoms with van der Waals surface area (Å²) in [5, 5.41) is 12.6. The first-order valence-electron chi connectivity index (χ1n) is 9.92. The van der Waals surface area contributed by atoms with Crippen LogP contribution in [0.4, 0.5) is 5.00 Å². The number of amides is 2. The lowest BCUT2D eigenvalue weighted by atomic mass is 9.82. The molecule has 0 fully saturated rings. The molecule has 0 bridgehead atoms. The zero-order valence-electron chi connectivity index (χ0n) is 17.3. The molecule has 1 aliphatic carbocycles. The number of aliphatic carboxylic acids is 1. The maximum Gasteiger partial charge on any atom is 0.307 e. The van der Waals surface area contributed by atoms with Gasteiger partial charge in [0.05, 0.1) is 17.4 Å². The highest BCUT2D eigenvalue weighted by Gasteiger charge is 2.35. The van der Waals surface area contributed by atoms with E-state index in [2.05, 4.69) is 19.2 Å². The van der Waals surface area contributed by atoms with E-state index in [1.807, 2.05) is 37.3 Å². The Kier molecular flexibility index (Phi) is 6.41. The Labute approximate surface area is 179 Å². The molecular weight excluding hydrogens is 400 g/mol. The first kappa shape index (κ1) is 21.8. The first-order chi connectivity index (χ1) is 14.2. The molecule has 158 valence electrons. The highest BCUT2D eigenvalue weighted by Crippen LogP contribution is 2.40. The number of carbonyl (C=O) groups is 3. The number of benzene rings is 1. The summed E-state index contributed by atoms with van der Waals surface area (Å²) in [6, 6.07) is 7.95. The summed E-state index contributed by atoms with van der Waals surface area (Å²) in [4.78, 5) is 37.6. The van der Waals surface area contributed by atoms with Crippen molar-refractivity contribution in [1.82, 2.24) is 0 Å². The summed E-state index contributed by atoms with van der Waals surface area (Å²) in [5.74, 6) is -3.11. The van der Waals surface area contributed by atoms with Crippen molar-refractivity contribution in [2.45, 2.75) is 39.5 Å². The van der Waals surface area contributed by atoms with Gasteiger partial charge in [-0.25, -0.2) is 0 Å². The van der Waals surface area contributed by atoms with Gasteiger partial charge in [0.15, 0.2) is 0 Å². The number of carboxylic acid groups (broad SMARTS) is 1. The van der Waals surface area contributed by atoms with Gasteiger partial charge in [0.2, 0.25) is 5.91 Å². The van der Waals surface area contributed by atoms with Crippen LogP contribution in [0.2, 0.25) is 0 Å². The van der Waals surface area contributed by atoms with Crippen molar-refractivity contribution < 1.29 is 19.5 Å². The van der Waals surface area contributed by atoms with E-state index in [0.29, 0.717) is 29.3 Å². The number of carbonyl (C=O) groups excluding carboxylic acids is 2. The van der Waals surface area contributed by atoms with E-state index in [9.17, 15) is 19.5 Å². The van der Waals surface area contributed by atoms with E-state index < -0.39 is 29.6 Å². The van der Waals surface area contributed by atoms with Gasteiger partial charge in [0.1, 0.15) is 5.00 Å². The highest BCUT2D eigenvalue weighted by atomic mass is 32.1. The minimum atomic E-state index is -0.997. The van der Waals surface area contributed by atoms with Crippen LogP contribution in [0.1, 0.15) is 53.4 Å². The number of hydrogen-bond acceptors (Lipinski definition) is 4. The SMILES string of the molecule is Cc1sc(NC(=O)[C@H]2CC=CC[C@@H]2C(=O)O)c(C(N)=O)c1-c1ccc(C(C)C)cc1. The van der Waals surface area contributed by atoms with Crippen LogP contribution in [0.15, 0.2) is 36.4 Å². The number of rotatable bonds is 6. The van der Waals surface area contributed by atoms with Crippen LogP contribution >= 0.6 is 11.3 Å². The van der Waals surface area contributed by atoms with Crippen molar-refractivity contribution in [3.05, 3.63) is 52.4 Å². The van der Waals surface area contributed by atoms with E-state index >= 15 is 0 Å². The lowest BCUT2D eigenvalue weighted by molar-refractivity contribution is -0.146. The lowest BCUT2D eigenvalue weighted by Crippen LogP contribution is -2.35. The molecular formula is C23H26N2O4S. The topological polar surface area (TPSA) is 109 Å². The van der Waals surface area contributed by atoms with Gasteiger partial charge < -0.3 is 16.2 Å². The minimum Gasteiger partial charge on any atom is -0.481 e. The van der Waals surface area contributed by atoms with Crippen LogP contribution in [0, 0.1) is 18.8 Å². The molecule has 1 aromatic carbocycles. The first-order valence-corrected chi connectivity index (χ1v) is 10.7. The van der Waals surface area contributed by atoms with Gasteiger partial charge >= 0.3 is 5.97 Å². The van der Waals surface area contributed by atoms with E-state index in [1.165, 1.54) is 16.9 Å². The Hall–Kier alpha value is -2.93. The highest BCUT2D eigenvalue weighted by molar-refractivity contribution is 7.17. The van der Waals surface area contributed by atoms with E-state index in [0.717, 1.165) is 10.4 Å². The number of nitrogens with two attached hydrogens (primary N) is 1. The summed E-state index contributed by atoms with van der Waals surface area (Å²) in [7, 11) is 0. The molecule has 1 heterocycles. The molecule has 1 aliphatic rings. The molecule has 0 spiro atoms. The summed E-state index contributed by atoms with van der Waals surface area (Å²) in [6.45, 7) is 6.10. The molecule has 0 saturated carbocycles. The van der Waals surface area contributed by atoms with Gasteiger partial charge in [-0.05, 0) is 36.8 Å². The number of hydrogen-bond donors (Lipinski definition) is 3. The Morgan fingerprint density at radius 2 is 1.70 bits per heavy atom. The fourth-order valence-corrected chi connectivity index (χ4v) is 4.92. The van der Waals surface area contributed by atoms with E-state index in [4.69, 9.17) is 5.73 Å². The van der Waals surface area contributed by atoms with Crippen molar-refractivity contribution in [2.24, 2.45) is 17.6 Å². The fraction of sp³-hybridized carbons (Fsp3) is 0.348. The fourth-order valence-electron chi connectivity index (χ4n) is 3.83. The van der Waals surface area contributed by atoms with Gasteiger partial charge in [0.25, 0.3) is 5.91 Å². The molecule has 1 aromatic heterocycles. The molecule has 3 rings (SSSR count). The predicted molar refractivity (Wildman–Crippen MR) is 119 cm³/mol. The standard InChI is InChI=1S/C23H26N2O4S/c1-12(2)14-8-10-15(11-9-14)18-13(3)30-22(19(18)20(24)26)25-21(27)16-6-4-5-7-17(16)23(28)29/h4-5,8-12,16-17H,6-7H2,1-3H3,(H2,24,26)(H,25,27)(H,28,29)/t16-,17-/m0/s1. The number of thiophene rings is 1. The van der Waals surface area contributed by atoms with Gasteiger partial charge in [0, 0.05) is 10.4 Å². The Bertz CT molecular complexity index is 1000. The number of allylic oxidation sites excluding steroid dienone is 2. The van der Waals surface area contributed by atoms with E-state index in [-0.39, 0.29) is 5.56 Å². The second-order valence-corrected chi connectivity index (χ2v) is 9.09. The maximum atomic E-state index is 12.9. The van der Waals surface area contributed by atoms with Crippen LogP contribution in [-0.2, 0) is 9.59 Å². The normalized spacial score (nSPS) is 18.4. The van der Waals surface area contributed by atoms with Crippen molar-refractivity contribution in [2.75, 3.05) is 5.32 Å². The van der Waals surface area contributed by atoms with Crippen LogP contribution in [0.25, 0.3) is 11.1 Å². The minimum absolute atomic E-state index is 0.265. The summed E-state index contributed by atoms with van der Waals surface area (Å²) in [6.07, 6.45) is 4.27. The Balaban J connectivity index is 1.95. The summed E-state index contributed by atoms with van der Waals surface area (Å²) < 4.78 is 0. The average Bonchev–Trinajstić information content (AvgIpc) is 3.03. The molecule has 4 N–H and O–H groups in total. The third-order valence-corrected chi connectivity index (χ3v) is 6.54. The smallest absolute Gasteiger partial charge is 0.307 e. The maximum absolute atomic E-state index is 12.9. The molecule has 7 heteroatoms. The van der Waals surface area contributed by atoms with Crippen molar-refractivity contribution in [3.8, 4) is 11.1 Å². The molecule has 2 amide bonds. The quantitative estimate of drug-likeness (QED) is 0.589. The van der Waals surface area contributed by atoms with Gasteiger partial charge in [-0.1, -0.05) is 50.3 Å². The molecule has 0 unspecified atom stereocenters. The summed E-state index contributed by atoms with van der Waals surface area (Å²) in [5.41, 5.74) is 8.69. The van der Waals surface area contributed by atoms with Gasteiger partial charge in [-0.3, -0.25) is 14.4 Å². The molecule has 2 aromatic rings. The van der Waals surface area contributed by atoms with Gasteiger partial charge in [-0.2, -0.15) is 0 Å². The monoisotopic (exact) mass is 426 g/mol. The van der Waals surface area contributed by atoms with Crippen molar-refractivity contribution in [3.63, 3.8) is 0 Å². The third-order valence-electron chi connectivity index (χ3n) is 5.52. The second-order valence-electron chi connectivity index (χ2n) is 7.86. The van der Waals surface area contributed by atoms with Gasteiger partial charge in [-0.15, -0.1) is 11.3 Å². The zero-order valence-corrected chi connectivity index (χ0v) is 18.1. The number of aryl methyl sites for hydroxylation is 1. The molecule has 0 saturated heterocycles. The van der Waals surface area contributed by atoms with Crippen LogP contribution in [0.5, 0.6) is 0 Å². The lowest BCUT2D eigenvalue weighted by Gasteiger charge is -2.24. The molecule has 6 nitrogen and oxygen atoms in total. The average molecular weight is 427 g/mol. The van der Waals surface area contributed by atoms with Crippen molar-refractivity contribution >= 4 is 34.1 Å². The predicted octanol–water partition coefficient (Wildman–Crippen LogP) is 4.55. The van der Waals surface area contributed by atoms with Crippen LogP contribution in [-0.4, -0.2) is 22.9 Å². The molecule has 2 atom stereocenters. The largest absolute Gasteiger partial charge is 0.481 e. The Morgan fingerprint density at radius 3 is 2.23 bits per heavy atom. The number of primary amides is 1. The number of nitrogens with one attached hydrogen (secondary N) is 1. The van der Waals surface area contributed by atoms with Crippen LogP contribution < -0.4 is 11.1 Å². The molecule has 0 radical (unpaired) electrons. The van der Waals surface area contributed by atoms with Crippen molar-refractivity contribution in [1.29, 1.82) is 0 Å². The van der Waals surface area contributed by atoms with E-state index in [1.54, 1.807) is 6.08 Å². The van der Waals surface area contributed by atoms with Crippen LogP contribution in [0.3, 0.4) is 0 Å². The molecule has 30 heavy (non-hydrogen) atoms. The number of anilines is 1. The Morgan fingerprint density at radius 1 is 1.10 bits per heavy atom. The third kappa shape index (κ3) is 4.31. The molecule has 0 aliphatic heterocycles. The number of carboxylic acids is 1. The second kappa shape index (κ2) is 8.83. The zero-order chi connectivity index (χ0) is 22.0.